The Hall–Kier alpha value is -6.16. The van der Waals surface area contributed by atoms with Gasteiger partial charge in [-0.3, -0.25) is 0 Å². The molecule has 0 amide bonds. The van der Waals surface area contributed by atoms with Gasteiger partial charge < -0.3 is 9.32 Å². The van der Waals surface area contributed by atoms with Gasteiger partial charge in [0.2, 0.25) is 0 Å². The maximum atomic E-state index is 6.79. The number of thiophene rings is 1. The summed E-state index contributed by atoms with van der Waals surface area (Å²) in [6, 6.07) is 62.4. The van der Waals surface area contributed by atoms with E-state index in [0.29, 0.717) is 5.92 Å². The molecule has 1 aliphatic carbocycles. The number of nitrogens with zero attached hydrogens (tertiary/aromatic N) is 1. The van der Waals surface area contributed by atoms with Crippen LogP contribution >= 0.6 is 11.3 Å². The van der Waals surface area contributed by atoms with E-state index in [1.54, 1.807) is 0 Å². The first-order valence-corrected chi connectivity index (χ1v) is 20.4. The van der Waals surface area contributed by atoms with Crippen molar-refractivity contribution in [1.82, 2.24) is 0 Å². The number of hydrogen-bond donors (Lipinski definition) is 0. The number of furan rings is 1. The van der Waals surface area contributed by atoms with E-state index in [-0.39, 0.29) is 0 Å². The van der Waals surface area contributed by atoms with E-state index in [2.05, 4.69) is 175 Å². The lowest BCUT2D eigenvalue weighted by Gasteiger charge is -2.29. The van der Waals surface area contributed by atoms with Gasteiger partial charge in [0.25, 0.3) is 0 Å². The minimum absolute atomic E-state index is 0.583. The van der Waals surface area contributed by atoms with E-state index >= 15 is 0 Å². The molecule has 0 unspecified atom stereocenters. The van der Waals surface area contributed by atoms with Crippen LogP contribution in [0.4, 0.5) is 17.1 Å². The maximum absolute atomic E-state index is 6.79. The highest BCUT2D eigenvalue weighted by Crippen LogP contribution is 2.49. The molecule has 0 spiro atoms. The summed E-state index contributed by atoms with van der Waals surface area (Å²) < 4.78 is 9.42. The van der Waals surface area contributed by atoms with Crippen LogP contribution in [0.3, 0.4) is 0 Å². The van der Waals surface area contributed by atoms with Crippen LogP contribution in [-0.2, 0) is 0 Å². The van der Waals surface area contributed by atoms with E-state index in [1.165, 1.54) is 90.9 Å². The summed E-state index contributed by atoms with van der Waals surface area (Å²) in [4.78, 5) is 2.44. The zero-order chi connectivity index (χ0) is 36.3. The van der Waals surface area contributed by atoms with Crippen LogP contribution < -0.4 is 4.90 Å². The van der Waals surface area contributed by atoms with Crippen LogP contribution in [0.2, 0.25) is 0 Å². The van der Waals surface area contributed by atoms with Crippen molar-refractivity contribution in [2.45, 2.75) is 38.0 Å². The molecule has 0 bridgehead atoms. The number of rotatable bonds is 6. The maximum Gasteiger partial charge on any atom is 0.159 e. The van der Waals surface area contributed by atoms with Gasteiger partial charge >= 0.3 is 0 Å². The molecular formula is C52H39NOS. The van der Waals surface area contributed by atoms with Crippen molar-refractivity contribution in [3.63, 3.8) is 0 Å². The molecule has 2 heterocycles. The van der Waals surface area contributed by atoms with Crippen molar-refractivity contribution < 1.29 is 4.42 Å². The van der Waals surface area contributed by atoms with Gasteiger partial charge in [0.05, 0.1) is 11.4 Å². The lowest BCUT2D eigenvalue weighted by atomic mass is 9.80. The Morgan fingerprint density at radius 1 is 0.509 bits per heavy atom. The number of fused-ring (bicyclic) bond motifs is 7. The second kappa shape index (κ2) is 13.3. The first-order chi connectivity index (χ1) is 27.3. The standard InChI is InChI=1S/C52H39NOS/c1-2-15-34(16-3-1)38-24-11-17-35-18-12-26-43(50(35)38)40-21-4-7-29-46(40)53(47-30-14-27-44-41-22-5-8-31-48(41)54-51(44)47)37-20-10-19-36(33-37)39-25-13-28-45-42-23-6-9-32-49(42)55-52(39)45/h4-14,17-34H,1-3,15-16H2. The van der Waals surface area contributed by atoms with Gasteiger partial charge in [0.15, 0.2) is 5.58 Å². The van der Waals surface area contributed by atoms with Crippen molar-refractivity contribution in [1.29, 1.82) is 0 Å². The van der Waals surface area contributed by atoms with Crippen molar-refractivity contribution in [2.24, 2.45) is 0 Å². The van der Waals surface area contributed by atoms with E-state index in [4.69, 9.17) is 4.42 Å². The number of benzene rings is 8. The van der Waals surface area contributed by atoms with Crippen LogP contribution in [0.15, 0.2) is 174 Å². The van der Waals surface area contributed by atoms with Crippen molar-refractivity contribution in [3.05, 3.63) is 175 Å². The van der Waals surface area contributed by atoms with Gasteiger partial charge in [-0.05, 0) is 88.2 Å². The molecule has 1 aliphatic rings. The molecule has 1 saturated carbocycles. The second-order valence-electron chi connectivity index (χ2n) is 15.0. The quantitative estimate of drug-likeness (QED) is 0.170. The monoisotopic (exact) mass is 725 g/mol. The Bertz CT molecular complexity index is 3050. The van der Waals surface area contributed by atoms with Gasteiger partial charge in [-0.25, -0.2) is 0 Å². The predicted octanol–water partition coefficient (Wildman–Crippen LogP) is 16.0. The van der Waals surface area contributed by atoms with Gasteiger partial charge in [-0.15, -0.1) is 11.3 Å². The molecule has 3 heteroatoms. The summed E-state index contributed by atoms with van der Waals surface area (Å²) >= 11 is 1.88. The third kappa shape index (κ3) is 5.37. The SMILES string of the molecule is c1cc(-c2cccc3c2sc2ccccc23)cc(N(c2ccccc2-c2cccc3cccc(C4CCCCC4)c23)c2cccc3c2oc2ccccc23)c1. The molecule has 55 heavy (non-hydrogen) atoms. The summed E-state index contributed by atoms with van der Waals surface area (Å²) in [5.41, 5.74) is 11.4. The fourth-order valence-corrected chi connectivity index (χ4v) is 10.6. The Kier molecular flexibility index (Phi) is 7.81. The fraction of sp³-hybridized carbons (Fsp3) is 0.115. The largest absolute Gasteiger partial charge is 0.454 e. The van der Waals surface area contributed by atoms with Gasteiger partial charge in [-0.2, -0.15) is 0 Å². The molecular weight excluding hydrogens is 687 g/mol. The summed E-state index contributed by atoms with van der Waals surface area (Å²) in [6.45, 7) is 0. The smallest absolute Gasteiger partial charge is 0.159 e. The first-order valence-electron chi connectivity index (χ1n) is 19.6. The summed E-state index contributed by atoms with van der Waals surface area (Å²) in [5.74, 6) is 0.583. The van der Waals surface area contributed by atoms with Crippen LogP contribution in [0, 0.1) is 0 Å². The lowest BCUT2D eigenvalue weighted by molar-refractivity contribution is 0.445. The van der Waals surface area contributed by atoms with Crippen molar-refractivity contribution in [2.75, 3.05) is 4.90 Å². The topological polar surface area (TPSA) is 16.4 Å². The minimum Gasteiger partial charge on any atom is -0.454 e. The van der Waals surface area contributed by atoms with E-state index in [1.807, 2.05) is 11.3 Å². The third-order valence-corrected chi connectivity index (χ3v) is 13.1. The molecule has 0 aliphatic heterocycles. The minimum atomic E-state index is 0.583. The highest BCUT2D eigenvalue weighted by Gasteiger charge is 2.25. The van der Waals surface area contributed by atoms with E-state index in [0.717, 1.165) is 39.0 Å². The van der Waals surface area contributed by atoms with Gasteiger partial charge in [0.1, 0.15) is 5.58 Å². The molecule has 0 atom stereocenters. The highest BCUT2D eigenvalue weighted by atomic mass is 32.1. The fourth-order valence-electron chi connectivity index (χ4n) is 9.35. The number of hydrogen-bond acceptors (Lipinski definition) is 3. The molecule has 2 nitrogen and oxygen atoms in total. The second-order valence-corrected chi connectivity index (χ2v) is 16.1. The Labute approximate surface area is 324 Å². The molecule has 2 aromatic heterocycles. The molecule has 10 aromatic rings. The van der Waals surface area contributed by atoms with Gasteiger partial charge in [-0.1, -0.05) is 153 Å². The Morgan fingerprint density at radius 2 is 1.18 bits per heavy atom. The summed E-state index contributed by atoms with van der Waals surface area (Å²) in [6.07, 6.45) is 6.47. The zero-order valence-corrected chi connectivity index (χ0v) is 31.4. The lowest BCUT2D eigenvalue weighted by Crippen LogP contribution is -2.12. The van der Waals surface area contributed by atoms with Gasteiger partial charge in [0, 0.05) is 42.2 Å². The normalized spacial score (nSPS) is 13.7. The molecule has 0 radical (unpaired) electrons. The van der Waals surface area contributed by atoms with Crippen LogP contribution in [-0.4, -0.2) is 0 Å². The Morgan fingerprint density at radius 3 is 2.11 bits per heavy atom. The molecule has 264 valence electrons. The number of para-hydroxylation sites is 3. The summed E-state index contributed by atoms with van der Waals surface area (Å²) in [5, 5.41) is 7.56. The number of anilines is 3. The van der Waals surface area contributed by atoms with Crippen LogP contribution in [0.5, 0.6) is 0 Å². The van der Waals surface area contributed by atoms with E-state index in [9.17, 15) is 0 Å². The zero-order valence-electron chi connectivity index (χ0n) is 30.5. The van der Waals surface area contributed by atoms with Crippen LogP contribution in [0.1, 0.15) is 43.6 Å². The predicted molar refractivity (Wildman–Crippen MR) is 235 cm³/mol. The summed E-state index contributed by atoms with van der Waals surface area (Å²) in [7, 11) is 0. The van der Waals surface area contributed by atoms with Crippen molar-refractivity contribution >= 4 is 81.3 Å². The van der Waals surface area contributed by atoms with Crippen molar-refractivity contribution in [3.8, 4) is 22.3 Å². The first kappa shape index (κ1) is 32.3. The third-order valence-electron chi connectivity index (χ3n) is 11.9. The average molecular weight is 726 g/mol. The molecule has 0 saturated heterocycles. The highest BCUT2D eigenvalue weighted by molar-refractivity contribution is 7.26. The molecule has 11 rings (SSSR count). The average Bonchev–Trinajstić information content (AvgIpc) is 3.83. The Balaban J connectivity index is 1.17. The molecule has 8 aromatic carbocycles. The molecule has 0 N–H and O–H groups in total. The van der Waals surface area contributed by atoms with E-state index < -0.39 is 0 Å². The van der Waals surface area contributed by atoms with Crippen LogP contribution in [0.25, 0.3) is 75.1 Å². The molecule has 1 fully saturated rings.